The fraction of sp³-hybridized carbons (Fsp3) is 0.529. The summed E-state index contributed by atoms with van der Waals surface area (Å²) in [6.45, 7) is 4.86. The SMILES string of the molecule is CCCN1CCC[C@H]2c3cccc4[nH]cc(c34)C[C@@H]21. The molecule has 1 fully saturated rings. The van der Waals surface area contributed by atoms with Gasteiger partial charge in [-0.1, -0.05) is 19.1 Å². The first kappa shape index (κ1) is 11.5. The van der Waals surface area contributed by atoms with Crippen molar-refractivity contribution in [3.8, 4) is 0 Å². The minimum absolute atomic E-state index is 0.739. The molecule has 19 heavy (non-hydrogen) atoms. The first-order valence-electron chi connectivity index (χ1n) is 7.71. The van der Waals surface area contributed by atoms with Gasteiger partial charge >= 0.3 is 0 Å². The van der Waals surface area contributed by atoms with E-state index in [1.807, 2.05) is 0 Å². The molecular weight excluding hydrogens is 232 g/mol. The number of aromatic amines is 1. The number of likely N-dealkylation sites (tertiary alicyclic amines) is 1. The molecule has 4 rings (SSSR count). The molecule has 1 N–H and O–H groups in total. The summed E-state index contributed by atoms with van der Waals surface area (Å²) in [5.41, 5.74) is 4.47. The fourth-order valence-electron chi connectivity index (χ4n) is 4.31. The predicted molar refractivity (Wildman–Crippen MR) is 79.6 cm³/mol. The minimum Gasteiger partial charge on any atom is -0.361 e. The van der Waals surface area contributed by atoms with Crippen LogP contribution >= 0.6 is 0 Å². The number of rotatable bonds is 2. The van der Waals surface area contributed by atoms with Gasteiger partial charge in [0, 0.05) is 29.1 Å². The zero-order valence-electron chi connectivity index (χ0n) is 11.7. The molecule has 0 spiro atoms. The molecule has 2 aliphatic rings. The van der Waals surface area contributed by atoms with E-state index in [1.54, 1.807) is 5.56 Å². The maximum Gasteiger partial charge on any atom is 0.0459 e. The normalized spacial score (nSPS) is 26.6. The second-order valence-corrected chi connectivity index (χ2v) is 6.14. The standard InChI is InChI=1S/C17H22N2/c1-2-8-19-9-4-6-13-14-5-3-7-15-17(14)12(11-18-15)10-16(13)19/h3,5,7,11,13,16,18H,2,4,6,8-10H2,1H3/t13-,16-/m0/s1. The van der Waals surface area contributed by atoms with E-state index < -0.39 is 0 Å². The molecule has 0 amide bonds. The van der Waals surface area contributed by atoms with Gasteiger partial charge < -0.3 is 4.98 Å². The Labute approximate surface area is 114 Å². The number of nitrogens with one attached hydrogen (secondary N) is 1. The number of piperidine rings is 1. The molecule has 2 atom stereocenters. The summed E-state index contributed by atoms with van der Waals surface area (Å²) in [6.07, 6.45) is 7.48. The number of H-pyrrole nitrogens is 1. The summed E-state index contributed by atoms with van der Waals surface area (Å²) >= 11 is 0. The number of benzene rings is 1. The van der Waals surface area contributed by atoms with Crippen molar-refractivity contribution in [3.05, 3.63) is 35.5 Å². The molecule has 1 aromatic carbocycles. The van der Waals surface area contributed by atoms with Crippen molar-refractivity contribution in [1.82, 2.24) is 9.88 Å². The molecule has 2 aromatic rings. The first-order chi connectivity index (χ1) is 9.38. The maximum absolute atomic E-state index is 3.46. The van der Waals surface area contributed by atoms with E-state index >= 15 is 0 Å². The lowest BCUT2D eigenvalue weighted by molar-refractivity contribution is 0.124. The molecule has 1 saturated heterocycles. The molecule has 0 saturated carbocycles. The van der Waals surface area contributed by atoms with Crippen LogP contribution in [0.15, 0.2) is 24.4 Å². The lowest BCUT2D eigenvalue weighted by Gasteiger charge is -2.44. The molecular formula is C17H22N2. The van der Waals surface area contributed by atoms with Gasteiger partial charge in [0.1, 0.15) is 0 Å². The third-order valence-electron chi connectivity index (χ3n) is 5.05. The van der Waals surface area contributed by atoms with Gasteiger partial charge in [0.2, 0.25) is 0 Å². The summed E-state index contributed by atoms with van der Waals surface area (Å²) < 4.78 is 0. The van der Waals surface area contributed by atoms with Crippen molar-refractivity contribution in [3.63, 3.8) is 0 Å². The Morgan fingerprint density at radius 3 is 3.21 bits per heavy atom. The van der Waals surface area contributed by atoms with Gasteiger partial charge in [-0.3, -0.25) is 4.90 Å². The molecule has 2 nitrogen and oxygen atoms in total. The topological polar surface area (TPSA) is 19.0 Å². The van der Waals surface area contributed by atoms with Crippen LogP contribution in [0.1, 0.15) is 43.2 Å². The summed E-state index contributed by atoms with van der Waals surface area (Å²) in [5.74, 6) is 0.757. The van der Waals surface area contributed by atoms with E-state index in [2.05, 4.69) is 41.2 Å². The van der Waals surface area contributed by atoms with Crippen molar-refractivity contribution >= 4 is 10.9 Å². The van der Waals surface area contributed by atoms with Gasteiger partial charge in [-0.25, -0.2) is 0 Å². The second kappa shape index (κ2) is 4.38. The van der Waals surface area contributed by atoms with Gasteiger partial charge in [-0.05, 0) is 56.0 Å². The third kappa shape index (κ3) is 1.66. The van der Waals surface area contributed by atoms with Crippen molar-refractivity contribution in [2.45, 2.75) is 44.6 Å². The number of hydrogen-bond acceptors (Lipinski definition) is 1. The number of fused-ring (bicyclic) bond motifs is 2. The maximum atomic E-state index is 3.46. The van der Waals surface area contributed by atoms with Crippen molar-refractivity contribution in [2.24, 2.45) is 0 Å². The zero-order chi connectivity index (χ0) is 12.8. The van der Waals surface area contributed by atoms with Crippen LogP contribution in [-0.2, 0) is 6.42 Å². The Hall–Kier alpha value is -1.28. The van der Waals surface area contributed by atoms with Crippen LogP contribution in [0.4, 0.5) is 0 Å². The quantitative estimate of drug-likeness (QED) is 0.866. The highest BCUT2D eigenvalue weighted by Gasteiger charge is 2.36. The highest BCUT2D eigenvalue weighted by molar-refractivity contribution is 5.88. The van der Waals surface area contributed by atoms with Crippen molar-refractivity contribution in [2.75, 3.05) is 13.1 Å². The van der Waals surface area contributed by atoms with Gasteiger partial charge in [-0.15, -0.1) is 0 Å². The van der Waals surface area contributed by atoms with Crippen molar-refractivity contribution in [1.29, 1.82) is 0 Å². The van der Waals surface area contributed by atoms with E-state index in [1.165, 1.54) is 55.2 Å². The van der Waals surface area contributed by atoms with Crippen LogP contribution in [0.25, 0.3) is 10.9 Å². The monoisotopic (exact) mass is 254 g/mol. The molecule has 1 aromatic heterocycles. The highest BCUT2D eigenvalue weighted by atomic mass is 15.2. The molecule has 0 bridgehead atoms. The minimum atomic E-state index is 0.739. The second-order valence-electron chi connectivity index (χ2n) is 6.14. The largest absolute Gasteiger partial charge is 0.361 e. The summed E-state index contributed by atoms with van der Waals surface area (Å²) in [5, 5.41) is 1.53. The average Bonchev–Trinajstić information content (AvgIpc) is 2.85. The van der Waals surface area contributed by atoms with E-state index in [-0.39, 0.29) is 0 Å². The van der Waals surface area contributed by atoms with Crippen LogP contribution in [0.2, 0.25) is 0 Å². The van der Waals surface area contributed by atoms with E-state index in [0.717, 1.165) is 12.0 Å². The molecule has 100 valence electrons. The van der Waals surface area contributed by atoms with Crippen LogP contribution in [0.5, 0.6) is 0 Å². The van der Waals surface area contributed by atoms with Crippen LogP contribution in [0, 0.1) is 0 Å². The van der Waals surface area contributed by atoms with Gasteiger partial charge in [0.25, 0.3) is 0 Å². The Balaban J connectivity index is 1.81. The summed E-state index contributed by atoms with van der Waals surface area (Å²) in [7, 11) is 0. The fourth-order valence-corrected chi connectivity index (χ4v) is 4.31. The zero-order valence-corrected chi connectivity index (χ0v) is 11.7. The number of aromatic nitrogens is 1. The smallest absolute Gasteiger partial charge is 0.0459 e. The molecule has 2 heteroatoms. The van der Waals surface area contributed by atoms with E-state index in [0.29, 0.717) is 0 Å². The number of hydrogen-bond donors (Lipinski definition) is 1. The van der Waals surface area contributed by atoms with E-state index in [9.17, 15) is 0 Å². The van der Waals surface area contributed by atoms with Crippen molar-refractivity contribution < 1.29 is 0 Å². The summed E-state index contributed by atoms with van der Waals surface area (Å²) in [4.78, 5) is 6.20. The van der Waals surface area contributed by atoms with Gasteiger partial charge in [-0.2, -0.15) is 0 Å². The Bertz CT molecular complexity index is 596. The van der Waals surface area contributed by atoms with Crippen LogP contribution in [-0.4, -0.2) is 29.0 Å². The predicted octanol–water partition coefficient (Wildman–Crippen LogP) is 3.68. The molecule has 0 radical (unpaired) electrons. The third-order valence-corrected chi connectivity index (χ3v) is 5.05. The van der Waals surface area contributed by atoms with Crippen LogP contribution in [0.3, 0.4) is 0 Å². The lowest BCUT2D eigenvalue weighted by Crippen LogP contribution is -2.46. The Kier molecular flexibility index (Phi) is 2.66. The lowest BCUT2D eigenvalue weighted by atomic mass is 9.75. The Morgan fingerprint density at radius 2 is 2.32 bits per heavy atom. The molecule has 2 heterocycles. The molecule has 1 aliphatic heterocycles. The average molecular weight is 254 g/mol. The molecule has 0 unspecified atom stereocenters. The van der Waals surface area contributed by atoms with E-state index in [4.69, 9.17) is 0 Å². The first-order valence-corrected chi connectivity index (χ1v) is 7.71. The Morgan fingerprint density at radius 1 is 1.37 bits per heavy atom. The van der Waals surface area contributed by atoms with Gasteiger partial charge in [0.15, 0.2) is 0 Å². The molecule has 1 aliphatic carbocycles. The number of nitrogens with zero attached hydrogens (tertiary/aromatic N) is 1. The highest BCUT2D eigenvalue weighted by Crippen LogP contribution is 2.43. The summed E-state index contributed by atoms with van der Waals surface area (Å²) in [6, 6.07) is 7.54. The van der Waals surface area contributed by atoms with Gasteiger partial charge in [0.05, 0.1) is 0 Å². The van der Waals surface area contributed by atoms with Crippen LogP contribution < -0.4 is 0 Å².